The van der Waals surface area contributed by atoms with Crippen molar-refractivity contribution in [3.63, 3.8) is 0 Å². The van der Waals surface area contributed by atoms with E-state index in [1.807, 2.05) is 0 Å². The van der Waals surface area contributed by atoms with Crippen molar-refractivity contribution in [2.24, 2.45) is 0 Å². The fraction of sp³-hybridized carbons (Fsp3) is 1.00. The third-order valence-electron chi connectivity index (χ3n) is 2.89. The van der Waals surface area contributed by atoms with Crippen molar-refractivity contribution in [1.29, 1.82) is 0 Å². The quantitative estimate of drug-likeness (QED) is 0.545. The molecule has 0 rings (SSSR count). The summed E-state index contributed by atoms with van der Waals surface area (Å²) >= 11 is 0. The molecule has 0 aromatic carbocycles. The summed E-state index contributed by atoms with van der Waals surface area (Å²) in [6.07, 6.45) is 8.10. The number of rotatable bonds is 11. The van der Waals surface area contributed by atoms with Gasteiger partial charge in [0.25, 0.3) is 0 Å². The Labute approximate surface area is 102 Å². The molecule has 0 heterocycles. The molecule has 0 spiro atoms. The lowest BCUT2D eigenvalue weighted by molar-refractivity contribution is 0.0517. The zero-order valence-electron chi connectivity index (χ0n) is 11.7. The van der Waals surface area contributed by atoms with Gasteiger partial charge in [0, 0.05) is 12.6 Å². The van der Waals surface area contributed by atoms with Crippen LogP contribution in [-0.2, 0) is 4.74 Å². The highest BCUT2D eigenvalue weighted by Crippen LogP contribution is 2.06. The number of ether oxygens (including phenoxy) is 1. The summed E-state index contributed by atoms with van der Waals surface area (Å²) in [6, 6.07) is 0.570. The van der Waals surface area contributed by atoms with Crippen molar-refractivity contribution >= 4 is 0 Å². The fourth-order valence-electron chi connectivity index (χ4n) is 1.99. The Bertz CT molecular complexity index is 139. The van der Waals surface area contributed by atoms with Gasteiger partial charge in [0.1, 0.15) is 0 Å². The topological polar surface area (TPSA) is 21.3 Å². The summed E-state index contributed by atoms with van der Waals surface area (Å²) in [4.78, 5) is 0. The Morgan fingerprint density at radius 3 is 2.31 bits per heavy atom. The standard InChI is InChI=1S/C14H31NO/c1-5-7-8-9-10-11-16-14(4)12-13(3)15-6-2/h13-15H,5-12H2,1-4H3. The van der Waals surface area contributed by atoms with Crippen LogP contribution in [-0.4, -0.2) is 25.3 Å². The van der Waals surface area contributed by atoms with Crippen LogP contribution in [0.2, 0.25) is 0 Å². The van der Waals surface area contributed by atoms with Gasteiger partial charge in [0.2, 0.25) is 0 Å². The zero-order chi connectivity index (χ0) is 12.2. The largest absolute Gasteiger partial charge is 0.378 e. The predicted molar refractivity (Wildman–Crippen MR) is 71.9 cm³/mol. The van der Waals surface area contributed by atoms with E-state index in [4.69, 9.17) is 4.74 Å². The van der Waals surface area contributed by atoms with Gasteiger partial charge in [0.05, 0.1) is 6.10 Å². The van der Waals surface area contributed by atoms with Gasteiger partial charge in [-0.2, -0.15) is 0 Å². The van der Waals surface area contributed by atoms with E-state index in [-0.39, 0.29) is 0 Å². The van der Waals surface area contributed by atoms with Gasteiger partial charge >= 0.3 is 0 Å². The van der Waals surface area contributed by atoms with E-state index in [9.17, 15) is 0 Å². The van der Waals surface area contributed by atoms with Crippen molar-refractivity contribution in [3.8, 4) is 0 Å². The van der Waals surface area contributed by atoms with E-state index in [0.717, 1.165) is 19.6 Å². The first-order chi connectivity index (χ1) is 7.70. The van der Waals surface area contributed by atoms with E-state index in [1.54, 1.807) is 0 Å². The van der Waals surface area contributed by atoms with Gasteiger partial charge in [-0.1, -0.05) is 39.5 Å². The van der Waals surface area contributed by atoms with Crippen LogP contribution in [0, 0.1) is 0 Å². The summed E-state index contributed by atoms with van der Waals surface area (Å²) in [7, 11) is 0. The summed E-state index contributed by atoms with van der Waals surface area (Å²) in [5.74, 6) is 0. The maximum atomic E-state index is 5.80. The molecule has 0 amide bonds. The minimum absolute atomic E-state index is 0.389. The first kappa shape index (κ1) is 15.9. The van der Waals surface area contributed by atoms with E-state index in [2.05, 4.69) is 33.0 Å². The summed E-state index contributed by atoms with van der Waals surface area (Å²) in [5.41, 5.74) is 0. The summed E-state index contributed by atoms with van der Waals surface area (Å²) in [6.45, 7) is 10.8. The molecule has 2 atom stereocenters. The number of hydrogen-bond donors (Lipinski definition) is 1. The van der Waals surface area contributed by atoms with Gasteiger partial charge in [-0.3, -0.25) is 0 Å². The molecule has 0 radical (unpaired) electrons. The molecular weight excluding hydrogens is 198 g/mol. The second-order valence-corrected chi connectivity index (χ2v) is 4.79. The molecule has 16 heavy (non-hydrogen) atoms. The lowest BCUT2D eigenvalue weighted by Gasteiger charge is -2.18. The van der Waals surface area contributed by atoms with E-state index in [0.29, 0.717) is 12.1 Å². The Morgan fingerprint density at radius 1 is 1.00 bits per heavy atom. The maximum absolute atomic E-state index is 5.80. The number of nitrogens with one attached hydrogen (secondary N) is 1. The summed E-state index contributed by atoms with van der Waals surface area (Å²) < 4.78 is 5.80. The minimum Gasteiger partial charge on any atom is -0.378 e. The lowest BCUT2D eigenvalue weighted by atomic mass is 10.1. The molecule has 0 aromatic heterocycles. The smallest absolute Gasteiger partial charge is 0.0561 e. The van der Waals surface area contributed by atoms with Crippen LogP contribution in [0.4, 0.5) is 0 Å². The molecule has 0 aromatic rings. The first-order valence-electron chi connectivity index (χ1n) is 7.05. The second kappa shape index (κ2) is 11.4. The molecule has 0 saturated heterocycles. The van der Waals surface area contributed by atoms with Gasteiger partial charge < -0.3 is 10.1 Å². The lowest BCUT2D eigenvalue weighted by Crippen LogP contribution is -2.29. The Balaban J connectivity index is 3.26. The molecule has 2 heteroatoms. The first-order valence-corrected chi connectivity index (χ1v) is 7.05. The van der Waals surface area contributed by atoms with Crippen molar-refractivity contribution in [1.82, 2.24) is 5.32 Å². The van der Waals surface area contributed by atoms with Gasteiger partial charge in [0.15, 0.2) is 0 Å². The highest BCUT2D eigenvalue weighted by Gasteiger charge is 2.07. The molecule has 0 fully saturated rings. The minimum atomic E-state index is 0.389. The molecule has 0 bridgehead atoms. The molecule has 0 saturated carbocycles. The van der Waals surface area contributed by atoms with Crippen LogP contribution in [0.1, 0.15) is 66.2 Å². The zero-order valence-corrected chi connectivity index (χ0v) is 11.7. The Hall–Kier alpha value is -0.0800. The average molecular weight is 229 g/mol. The van der Waals surface area contributed by atoms with Gasteiger partial charge in [-0.15, -0.1) is 0 Å². The van der Waals surface area contributed by atoms with Crippen molar-refractivity contribution in [2.75, 3.05) is 13.2 Å². The monoisotopic (exact) mass is 229 g/mol. The third-order valence-corrected chi connectivity index (χ3v) is 2.89. The highest BCUT2D eigenvalue weighted by molar-refractivity contribution is 4.63. The number of hydrogen-bond acceptors (Lipinski definition) is 2. The maximum Gasteiger partial charge on any atom is 0.0561 e. The van der Waals surface area contributed by atoms with Crippen molar-refractivity contribution in [3.05, 3.63) is 0 Å². The van der Waals surface area contributed by atoms with Crippen LogP contribution in [0.25, 0.3) is 0 Å². The van der Waals surface area contributed by atoms with Crippen LogP contribution < -0.4 is 5.32 Å². The predicted octanol–water partition coefficient (Wildman–Crippen LogP) is 3.75. The molecule has 2 nitrogen and oxygen atoms in total. The van der Waals surface area contributed by atoms with Gasteiger partial charge in [-0.05, 0) is 33.2 Å². The van der Waals surface area contributed by atoms with Crippen molar-refractivity contribution in [2.45, 2.75) is 78.4 Å². The van der Waals surface area contributed by atoms with Crippen molar-refractivity contribution < 1.29 is 4.74 Å². The molecule has 0 aliphatic carbocycles. The molecule has 1 N–H and O–H groups in total. The average Bonchev–Trinajstić information content (AvgIpc) is 2.23. The number of unbranched alkanes of at least 4 members (excludes halogenated alkanes) is 4. The summed E-state index contributed by atoms with van der Waals surface area (Å²) in [5, 5.41) is 3.41. The van der Waals surface area contributed by atoms with E-state index in [1.165, 1.54) is 32.1 Å². The van der Waals surface area contributed by atoms with Crippen LogP contribution >= 0.6 is 0 Å². The van der Waals surface area contributed by atoms with E-state index < -0.39 is 0 Å². The van der Waals surface area contributed by atoms with E-state index >= 15 is 0 Å². The molecular formula is C14H31NO. The Morgan fingerprint density at radius 2 is 1.69 bits per heavy atom. The highest BCUT2D eigenvalue weighted by atomic mass is 16.5. The molecule has 0 aliphatic heterocycles. The van der Waals surface area contributed by atoms with Gasteiger partial charge in [-0.25, -0.2) is 0 Å². The molecule has 2 unspecified atom stereocenters. The van der Waals surface area contributed by atoms with Crippen LogP contribution in [0.3, 0.4) is 0 Å². The fourth-order valence-corrected chi connectivity index (χ4v) is 1.99. The normalized spacial score (nSPS) is 15.0. The third kappa shape index (κ3) is 10.4. The molecule has 98 valence electrons. The van der Waals surface area contributed by atoms with Crippen LogP contribution in [0.5, 0.6) is 0 Å². The Kier molecular flexibility index (Phi) is 11.3. The SMILES string of the molecule is CCCCCCCOC(C)CC(C)NCC. The molecule has 0 aliphatic rings. The van der Waals surface area contributed by atoms with Crippen LogP contribution in [0.15, 0.2) is 0 Å². The second-order valence-electron chi connectivity index (χ2n) is 4.79.